The molecule has 0 unspecified atom stereocenters. The highest BCUT2D eigenvalue weighted by Gasteiger charge is 2.29. The van der Waals surface area contributed by atoms with Crippen molar-refractivity contribution in [2.75, 3.05) is 6.54 Å². The minimum Gasteiger partial charge on any atom is -0.340 e. The number of hydrogen-bond donors (Lipinski definition) is 1. The van der Waals surface area contributed by atoms with Gasteiger partial charge in [-0.15, -0.1) is 0 Å². The Morgan fingerprint density at radius 2 is 1.71 bits per heavy atom. The Hall–Kier alpha value is -0.570. The molecular weight excluding hydrogens is 212 g/mol. The molecule has 0 aliphatic heterocycles. The van der Waals surface area contributed by atoms with Crippen LogP contribution in [-0.2, 0) is 4.79 Å². The third-order valence-corrected chi connectivity index (χ3v) is 4.14. The Bertz CT molecular complexity index is 230. The maximum absolute atomic E-state index is 12.4. The summed E-state index contributed by atoms with van der Waals surface area (Å²) in [7, 11) is 0. The standard InChI is InChI=1S/C14H28N2O/c1-4-11(5-2)14(17)16(6-3)13-9-7-12(15)8-10-13/h11-13H,4-10,15H2,1-3H3. The molecule has 0 heterocycles. The molecule has 1 aliphatic rings. The molecular formula is C14H28N2O. The van der Waals surface area contributed by atoms with Gasteiger partial charge in [0.1, 0.15) is 0 Å². The van der Waals surface area contributed by atoms with Gasteiger partial charge in [-0.25, -0.2) is 0 Å². The SMILES string of the molecule is CCC(CC)C(=O)N(CC)C1CCC(N)CC1. The summed E-state index contributed by atoms with van der Waals surface area (Å²) in [4.78, 5) is 14.5. The summed E-state index contributed by atoms with van der Waals surface area (Å²) in [5.41, 5.74) is 5.92. The minimum absolute atomic E-state index is 0.213. The van der Waals surface area contributed by atoms with Crippen LogP contribution in [0.3, 0.4) is 0 Å². The lowest BCUT2D eigenvalue weighted by Gasteiger charge is -2.37. The van der Waals surface area contributed by atoms with E-state index in [2.05, 4.69) is 25.7 Å². The van der Waals surface area contributed by atoms with E-state index in [1.165, 1.54) is 0 Å². The van der Waals surface area contributed by atoms with E-state index >= 15 is 0 Å². The second-order valence-electron chi connectivity index (χ2n) is 5.21. The van der Waals surface area contributed by atoms with Gasteiger partial charge in [0.25, 0.3) is 0 Å². The van der Waals surface area contributed by atoms with Crippen LogP contribution in [0, 0.1) is 5.92 Å². The third kappa shape index (κ3) is 3.70. The number of nitrogens with zero attached hydrogens (tertiary/aromatic N) is 1. The molecule has 0 aromatic rings. The molecule has 0 spiro atoms. The van der Waals surface area contributed by atoms with E-state index in [0.717, 1.165) is 45.1 Å². The first kappa shape index (κ1) is 14.5. The number of nitrogens with two attached hydrogens (primary N) is 1. The molecule has 3 heteroatoms. The molecule has 0 atom stereocenters. The fourth-order valence-corrected chi connectivity index (χ4v) is 2.88. The van der Waals surface area contributed by atoms with Crippen molar-refractivity contribution in [1.82, 2.24) is 4.90 Å². The molecule has 100 valence electrons. The van der Waals surface area contributed by atoms with E-state index in [1.807, 2.05) is 0 Å². The lowest BCUT2D eigenvalue weighted by atomic mass is 9.89. The summed E-state index contributed by atoms with van der Waals surface area (Å²) in [6.07, 6.45) is 6.21. The van der Waals surface area contributed by atoms with Crippen LogP contribution >= 0.6 is 0 Å². The van der Waals surface area contributed by atoms with Crippen molar-refractivity contribution >= 4 is 5.91 Å². The summed E-state index contributed by atoms with van der Waals surface area (Å²) < 4.78 is 0. The molecule has 0 saturated heterocycles. The van der Waals surface area contributed by atoms with Crippen LogP contribution in [0.25, 0.3) is 0 Å². The van der Waals surface area contributed by atoms with Crippen LogP contribution in [0.2, 0.25) is 0 Å². The fraction of sp³-hybridized carbons (Fsp3) is 0.929. The third-order valence-electron chi connectivity index (χ3n) is 4.14. The topological polar surface area (TPSA) is 46.3 Å². The van der Waals surface area contributed by atoms with E-state index in [9.17, 15) is 4.79 Å². The van der Waals surface area contributed by atoms with Crippen LogP contribution in [0.4, 0.5) is 0 Å². The van der Waals surface area contributed by atoms with Gasteiger partial charge in [-0.05, 0) is 45.4 Å². The summed E-state index contributed by atoms with van der Waals surface area (Å²) in [5.74, 6) is 0.573. The average Bonchev–Trinajstić information content (AvgIpc) is 2.34. The van der Waals surface area contributed by atoms with Gasteiger partial charge in [0, 0.05) is 24.5 Å². The van der Waals surface area contributed by atoms with Gasteiger partial charge in [0.05, 0.1) is 0 Å². The monoisotopic (exact) mass is 240 g/mol. The number of hydrogen-bond acceptors (Lipinski definition) is 2. The molecule has 3 nitrogen and oxygen atoms in total. The Labute approximate surface area is 106 Å². The highest BCUT2D eigenvalue weighted by molar-refractivity contribution is 5.79. The average molecular weight is 240 g/mol. The van der Waals surface area contributed by atoms with Crippen LogP contribution < -0.4 is 5.73 Å². The molecule has 1 saturated carbocycles. The first-order valence-electron chi connectivity index (χ1n) is 7.19. The van der Waals surface area contributed by atoms with Crippen LogP contribution in [-0.4, -0.2) is 29.4 Å². The van der Waals surface area contributed by atoms with Gasteiger partial charge in [0.15, 0.2) is 0 Å². The molecule has 17 heavy (non-hydrogen) atoms. The van der Waals surface area contributed by atoms with Crippen molar-refractivity contribution in [2.45, 2.75) is 71.4 Å². The van der Waals surface area contributed by atoms with E-state index < -0.39 is 0 Å². The maximum Gasteiger partial charge on any atom is 0.225 e. The summed E-state index contributed by atoms with van der Waals surface area (Å²) in [6, 6.07) is 0.793. The summed E-state index contributed by atoms with van der Waals surface area (Å²) in [5, 5.41) is 0. The number of amides is 1. The van der Waals surface area contributed by atoms with E-state index in [4.69, 9.17) is 5.73 Å². The quantitative estimate of drug-likeness (QED) is 0.802. The van der Waals surface area contributed by atoms with Crippen molar-refractivity contribution in [3.8, 4) is 0 Å². The van der Waals surface area contributed by atoms with Crippen LogP contribution in [0.1, 0.15) is 59.3 Å². The van der Waals surface area contributed by atoms with Crippen LogP contribution in [0.5, 0.6) is 0 Å². The van der Waals surface area contributed by atoms with E-state index in [-0.39, 0.29) is 5.92 Å². The lowest BCUT2D eigenvalue weighted by molar-refractivity contribution is -0.138. The number of carbonyl (C=O) groups is 1. The minimum atomic E-state index is 0.213. The molecule has 0 aromatic heterocycles. The highest BCUT2D eigenvalue weighted by atomic mass is 16.2. The second kappa shape index (κ2) is 7.00. The Balaban J connectivity index is 2.60. The zero-order chi connectivity index (χ0) is 12.8. The molecule has 1 amide bonds. The van der Waals surface area contributed by atoms with Gasteiger partial charge in [0.2, 0.25) is 5.91 Å². The van der Waals surface area contributed by atoms with Crippen LogP contribution in [0.15, 0.2) is 0 Å². The smallest absolute Gasteiger partial charge is 0.225 e. The zero-order valence-electron chi connectivity index (χ0n) is 11.6. The maximum atomic E-state index is 12.4. The predicted molar refractivity (Wildman–Crippen MR) is 71.7 cm³/mol. The molecule has 0 radical (unpaired) electrons. The zero-order valence-corrected chi connectivity index (χ0v) is 11.6. The normalized spacial score (nSPS) is 25.0. The van der Waals surface area contributed by atoms with Crippen molar-refractivity contribution in [2.24, 2.45) is 11.7 Å². The first-order chi connectivity index (χ1) is 8.13. The van der Waals surface area contributed by atoms with E-state index in [1.54, 1.807) is 0 Å². The Morgan fingerprint density at radius 3 is 2.12 bits per heavy atom. The number of rotatable bonds is 5. The Morgan fingerprint density at radius 1 is 1.18 bits per heavy atom. The lowest BCUT2D eigenvalue weighted by Crippen LogP contribution is -2.46. The fourth-order valence-electron chi connectivity index (χ4n) is 2.88. The van der Waals surface area contributed by atoms with Gasteiger partial charge in [-0.1, -0.05) is 13.8 Å². The summed E-state index contributed by atoms with van der Waals surface area (Å²) in [6.45, 7) is 7.15. The Kier molecular flexibility index (Phi) is 5.96. The molecule has 1 fully saturated rings. The van der Waals surface area contributed by atoms with Gasteiger partial charge in [-0.2, -0.15) is 0 Å². The first-order valence-corrected chi connectivity index (χ1v) is 7.19. The van der Waals surface area contributed by atoms with Crippen molar-refractivity contribution in [1.29, 1.82) is 0 Å². The molecule has 0 bridgehead atoms. The largest absolute Gasteiger partial charge is 0.340 e. The van der Waals surface area contributed by atoms with Crippen molar-refractivity contribution < 1.29 is 4.79 Å². The molecule has 2 N–H and O–H groups in total. The van der Waals surface area contributed by atoms with Crippen molar-refractivity contribution in [3.63, 3.8) is 0 Å². The summed E-state index contributed by atoms with van der Waals surface area (Å²) >= 11 is 0. The highest BCUT2D eigenvalue weighted by Crippen LogP contribution is 2.24. The van der Waals surface area contributed by atoms with Crippen molar-refractivity contribution in [3.05, 3.63) is 0 Å². The van der Waals surface area contributed by atoms with Gasteiger partial charge in [-0.3, -0.25) is 4.79 Å². The molecule has 1 aliphatic carbocycles. The van der Waals surface area contributed by atoms with Gasteiger partial charge < -0.3 is 10.6 Å². The van der Waals surface area contributed by atoms with E-state index in [0.29, 0.717) is 18.0 Å². The number of carbonyl (C=O) groups excluding carboxylic acids is 1. The molecule has 1 rings (SSSR count). The van der Waals surface area contributed by atoms with Gasteiger partial charge >= 0.3 is 0 Å². The second-order valence-corrected chi connectivity index (χ2v) is 5.21. The predicted octanol–water partition coefficient (Wildman–Crippen LogP) is 2.54. The molecule has 0 aromatic carbocycles.